The first-order valence-corrected chi connectivity index (χ1v) is 7.87. The molecule has 0 saturated heterocycles. The van der Waals surface area contributed by atoms with Crippen LogP contribution >= 0.6 is 0 Å². The van der Waals surface area contributed by atoms with Gasteiger partial charge in [-0.15, -0.1) is 0 Å². The first kappa shape index (κ1) is 16.2. The van der Waals surface area contributed by atoms with E-state index in [2.05, 4.69) is 0 Å². The van der Waals surface area contributed by atoms with Gasteiger partial charge in [-0.3, -0.25) is 0 Å². The molecule has 0 aliphatic carbocycles. The minimum absolute atomic E-state index is 0.0192. The minimum Gasteiger partial charge on any atom is -0.377 e. The topological polar surface area (TPSA) is 27.7 Å². The van der Waals surface area contributed by atoms with Crippen LogP contribution in [0.3, 0.4) is 0 Å². The van der Waals surface area contributed by atoms with E-state index in [9.17, 15) is 13.2 Å². The summed E-state index contributed by atoms with van der Waals surface area (Å²) in [5.74, 6) is -3.17. The maximum Gasteiger partial charge on any atom is 0.505 e. The first-order chi connectivity index (χ1) is 8.98. The van der Waals surface area contributed by atoms with Crippen molar-refractivity contribution in [1.29, 1.82) is 0 Å². The number of benzene rings is 1. The average molecular weight is 294 g/mol. The summed E-state index contributed by atoms with van der Waals surface area (Å²) in [5, 5.41) is 0. The summed E-state index contributed by atoms with van der Waals surface area (Å²) in [7, 11) is -1.71. The molecule has 3 nitrogen and oxygen atoms in total. The smallest absolute Gasteiger partial charge is 0.377 e. The van der Waals surface area contributed by atoms with E-state index < -0.39 is 26.3 Å². The Balaban J connectivity index is 3.05. The van der Waals surface area contributed by atoms with Gasteiger partial charge in [0.15, 0.2) is 11.6 Å². The van der Waals surface area contributed by atoms with Gasteiger partial charge < -0.3 is 13.3 Å². The van der Waals surface area contributed by atoms with Crippen LogP contribution < -0.4 is 0 Å². The highest BCUT2D eigenvalue weighted by molar-refractivity contribution is 6.60. The summed E-state index contributed by atoms with van der Waals surface area (Å²) in [4.78, 5) is 0. The molecule has 108 valence electrons. The second kappa shape index (κ2) is 7.04. The fourth-order valence-electron chi connectivity index (χ4n) is 1.71. The molecule has 0 heterocycles. The predicted molar refractivity (Wildman–Crippen MR) is 66.0 cm³/mol. The van der Waals surface area contributed by atoms with Crippen molar-refractivity contribution in [1.82, 2.24) is 0 Å². The Morgan fingerprint density at radius 2 is 1.47 bits per heavy atom. The van der Waals surface area contributed by atoms with Crippen molar-refractivity contribution < 1.29 is 26.4 Å². The van der Waals surface area contributed by atoms with Gasteiger partial charge in [0.2, 0.25) is 0 Å². The molecule has 0 N–H and O–H groups in total. The van der Waals surface area contributed by atoms with Crippen LogP contribution in [-0.4, -0.2) is 29.1 Å². The Hall–Kier alpha value is -0.893. The van der Waals surface area contributed by atoms with Crippen LogP contribution in [0.25, 0.3) is 0 Å². The zero-order valence-corrected chi connectivity index (χ0v) is 12.1. The molecule has 0 aliphatic heterocycles. The van der Waals surface area contributed by atoms with E-state index in [1.807, 2.05) is 0 Å². The van der Waals surface area contributed by atoms with Gasteiger partial charge in [0.05, 0.1) is 0 Å². The Bertz CT molecular complexity index is 423. The second-order valence-corrected chi connectivity index (χ2v) is 6.49. The third kappa shape index (κ3) is 4.03. The number of halogens is 3. The molecule has 19 heavy (non-hydrogen) atoms. The summed E-state index contributed by atoms with van der Waals surface area (Å²) < 4.78 is 55.8. The van der Waals surface area contributed by atoms with Crippen molar-refractivity contribution in [2.24, 2.45) is 0 Å². The standard InChI is InChI=1S/C12H17F3O3Si/c1-4-17-19(16-3,18-5-2)8-9-6-11(14)12(15)7-10(9)13/h6-7H,4-5,8H2,1-3H3. The van der Waals surface area contributed by atoms with Crippen molar-refractivity contribution in [3.63, 3.8) is 0 Å². The number of rotatable bonds is 7. The Morgan fingerprint density at radius 1 is 0.947 bits per heavy atom. The summed E-state index contributed by atoms with van der Waals surface area (Å²) in [6.45, 7) is 4.15. The summed E-state index contributed by atoms with van der Waals surface area (Å²) in [6, 6.07) is 1.27. The highest BCUT2D eigenvalue weighted by Crippen LogP contribution is 2.21. The molecule has 0 fully saturated rings. The van der Waals surface area contributed by atoms with Gasteiger partial charge in [-0.1, -0.05) is 0 Å². The first-order valence-electron chi connectivity index (χ1n) is 5.94. The third-order valence-electron chi connectivity index (χ3n) is 2.54. The van der Waals surface area contributed by atoms with Crippen LogP contribution in [0.5, 0.6) is 0 Å². The SMILES string of the molecule is CCO[Si](Cc1cc(F)c(F)cc1F)(OC)OCC. The quantitative estimate of drug-likeness (QED) is 0.572. The van der Waals surface area contributed by atoms with Crippen LogP contribution in [0.15, 0.2) is 12.1 Å². The lowest BCUT2D eigenvalue weighted by Gasteiger charge is -2.27. The van der Waals surface area contributed by atoms with E-state index in [4.69, 9.17) is 13.3 Å². The Morgan fingerprint density at radius 3 is 1.95 bits per heavy atom. The zero-order valence-electron chi connectivity index (χ0n) is 11.1. The molecule has 0 radical (unpaired) electrons. The minimum atomic E-state index is -3.11. The largest absolute Gasteiger partial charge is 0.505 e. The van der Waals surface area contributed by atoms with Gasteiger partial charge in [0.1, 0.15) is 5.82 Å². The van der Waals surface area contributed by atoms with Gasteiger partial charge in [0.25, 0.3) is 0 Å². The van der Waals surface area contributed by atoms with Crippen LogP contribution in [0, 0.1) is 17.5 Å². The lowest BCUT2D eigenvalue weighted by molar-refractivity contribution is 0.0854. The molecule has 0 bridgehead atoms. The van der Waals surface area contributed by atoms with Crippen molar-refractivity contribution in [3.05, 3.63) is 35.1 Å². The maximum atomic E-state index is 13.6. The second-order valence-electron chi connectivity index (χ2n) is 3.79. The monoisotopic (exact) mass is 294 g/mol. The molecule has 0 amide bonds. The lowest BCUT2D eigenvalue weighted by Crippen LogP contribution is -2.48. The average Bonchev–Trinajstić information content (AvgIpc) is 2.36. The van der Waals surface area contributed by atoms with Gasteiger partial charge in [0, 0.05) is 32.4 Å². The number of hydrogen-bond acceptors (Lipinski definition) is 3. The molecule has 0 aliphatic rings. The molecule has 1 aromatic carbocycles. The lowest BCUT2D eigenvalue weighted by atomic mass is 10.2. The van der Waals surface area contributed by atoms with Crippen LogP contribution in [0.2, 0.25) is 0 Å². The van der Waals surface area contributed by atoms with Crippen molar-refractivity contribution in [3.8, 4) is 0 Å². The van der Waals surface area contributed by atoms with Crippen LogP contribution in [0.1, 0.15) is 19.4 Å². The number of hydrogen-bond donors (Lipinski definition) is 0. The molecule has 0 spiro atoms. The van der Waals surface area contributed by atoms with E-state index in [0.717, 1.165) is 6.07 Å². The highest BCUT2D eigenvalue weighted by Gasteiger charge is 2.40. The van der Waals surface area contributed by atoms with Gasteiger partial charge in [-0.25, -0.2) is 13.2 Å². The molecular weight excluding hydrogens is 277 g/mol. The molecule has 0 saturated carbocycles. The summed E-state index contributed by atoms with van der Waals surface area (Å²) in [5.41, 5.74) is -0.0192. The fourth-order valence-corrected chi connectivity index (χ4v) is 3.99. The summed E-state index contributed by atoms with van der Waals surface area (Å²) >= 11 is 0. The molecule has 0 aromatic heterocycles. The molecule has 0 unspecified atom stereocenters. The molecule has 0 atom stereocenters. The molecular formula is C12H17F3O3Si. The zero-order chi connectivity index (χ0) is 14.5. The Kier molecular flexibility index (Phi) is 5.99. The Labute approximate surface area is 111 Å². The predicted octanol–water partition coefficient (Wildman–Crippen LogP) is 2.84. The third-order valence-corrected chi connectivity index (χ3v) is 5.43. The van der Waals surface area contributed by atoms with Crippen molar-refractivity contribution in [2.45, 2.75) is 19.9 Å². The van der Waals surface area contributed by atoms with Crippen LogP contribution in [-0.2, 0) is 19.3 Å². The van der Waals surface area contributed by atoms with Crippen molar-refractivity contribution in [2.75, 3.05) is 20.3 Å². The molecule has 1 rings (SSSR count). The molecule has 1 aromatic rings. The maximum absolute atomic E-state index is 13.6. The van der Waals surface area contributed by atoms with E-state index in [0.29, 0.717) is 19.3 Å². The van der Waals surface area contributed by atoms with Gasteiger partial charge >= 0.3 is 8.80 Å². The fraction of sp³-hybridized carbons (Fsp3) is 0.500. The summed E-state index contributed by atoms with van der Waals surface area (Å²) in [6.07, 6.45) is 0. The van der Waals surface area contributed by atoms with E-state index >= 15 is 0 Å². The van der Waals surface area contributed by atoms with E-state index in [-0.39, 0.29) is 11.6 Å². The van der Waals surface area contributed by atoms with Crippen LogP contribution in [0.4, 0.5) is 13.2 Å². The molecule has 7 heteroatoms. The highest BCUT2D eigenvalue weighted by atomic mass is 28.4. The van der Waals surface area contributed by atoms with Gasteiger partial charge in [-0.05, 0) is 25.5 Å². The van der Waals surface area contributed by atoms with E-state index in [1.165, 1.54) is 7.11 Å². The van der Waals surface area contributed by atoms with Gasteiger partial charge in [-0.2, -0.15) is 0 Å². The van der Waals surface area contributed by atoms with E-state index in [1.54, 1.807) is 13.8 Å². The van der Waals surface area contributed by atoms with Crippen molar-refractivity contribution >= 4 is 8.80 Å². The normalized spacial score (nSPS) is 11.9.